The van der Waals surface area contributed by atoms with Crippen LogP contribution in [0.4, 0.5) is 0 Å². The third-order valence-electron chi connectivity index (χ3n) is 3.05. The first kappa shape index (κ1) is 13.2. The molecule has 6 nitrogen and oxygen atoms in total. The Hall–Kier alpha value is -2.24. The van der Waals surface area contributed by atoms with E-state index in [1.807, 2.05) is 0 Å². The maximum absolute atomic E-state index is 12.3. The van der Waals surface area contributed by atoms with E-state index < -0.39 is 11.9 Å². The average molecular weight is 265 g/mol. The zero-order valence-electron chi connectivity index (χ0n) is 10.2. The van der Waals surface area contributed by atoms with Gasteiger partial charge in [0.2, 0.25) is 0 Å². The molecule has 6 heteroatoms. The fourth-order valence-electron chi connectivity index (χ4n) is 1.94. The summed E-state index contributed by atoms with van der Waals surface area (Å²) in [4.78, 5) is 24.3. The van der Waals surface area contributed by atoms with Crippen LogP contribution in [0.2, 0.25) is 0 Å². The summed E-state index contributed by atoms with van der Waals surface area (Å²) in [6.07, 6.45) is 1.48. The lowest BCUT2D eigenvalue weighted by Gasteiger charge is -2.22. The fraction of sp³-hybridized carbons (Fsp3) is 0.385. The standard InChI is InChI=1S/C13H15NO5/c15-9-2-1-3-10(16)12(9)13(19)14(8-4-5-8)7-6-11(17)18/h1-3,8,15-16H,4-7H2,(H,17,18). The van der Waals surface area contributed by atoms with Gasteiger partial charge in [0, 0.05) is 12.6 Å². The van der Waals surface area contributed by atoms with Crippen LogP contribution < -0.4 is 0 Å². The number of carbonyl (C=O) groups is 2. The highest BCUT2D eigenvalue weighted by Crippen LogP contribution is 2.33. The summed E-state index contributed by atoms with van der Waals surface area (Å²) in [5.74, 6) is -2.11. The van der Waals surface area contributed by atoms with Gasteiger partial charge >= 0.3 is 5.97 Å². The molecule has 1 aliphatic carbocycles. The predicted octanol–water partition coefficient (Wildman–Crippen LogP) is 1.18. The zero-order valence-corrected chi connectivity index (χ0v) is 10.2. The fourth-order valence-corrected chi connectivity index (χ4v) is 1.94. The highest BCUT2D eigenvalue weighted by molar-refractivity contribution is 5.99. The Kier molecular flexibility index (Phi) is 3.59. The van der Waals surface area contributed by atoms with Gasteiger partial charge in [-0.25, -0.2) is 0 Å². The Morgan fingerprint density at radius 3 is 2.26 bits per heavy atom. The second-order valence-corrected chi connectivity index (χ2v) is 4.54. The van der Waals surface area contributed by atoms with Gasteiger partial charge in [-0.1, -0.05) is 6.07 Å². The van der Waals surface area contributed by atoms with Gasteiger partial charge in [-0.2, -0.15) is 0 Å². The number of carbonyl (C=O) groups excluding carboxylic acids is 1. The Bertz CT molecular complexity index is 490. The van der Waals surface area contributed by atoms with Crippen LogP contribution in [-0.4, -0.2) is 44.7 Å². The predicted molar refractivity (Wildman–Crippen MR) is 66.1 cm³/mol. The minimum absolute atomic E-state index is 0.00542. The number of phenolic OH excluding ortho intramolecular Hbond substituents is 2. The quantitative estimate of drug-likeness (QED) is 0.742. The van der Waals surface area contributed by atoms with Crippen LogP contribution in [0, 0.1) is 0 Å². The SMILES string of the molecule is O=C(O)CCN(C(=O)c1c(O)cccc1O)C1CC1. The van der Waals surface area contributed by atoms with E-state index in [1.165, 1.54) is 23.1 Å². The van der Waals surface area contributed by atoms with Crippen LogP contribution in [0.1, 0.15) is 29.6 Å². The van der Waals surface area contributed by atoms with Gasteiger partial charge in [-0.05, 0) is 25.0 Å². The lowest BCUT2D eigenvalue weighted by molar-refractivity contribution is -0.137. The molecular weight excluding hydrogens is 250 g/mol. The molecular formula is C13H15NO5. The monoisotopic (exact) mass is 265 g/mol. The molecule has 1 aliphatic rings. The first-order valence-electron chi connectivity index (χ1n) is 6.04. The van der Waals surface area contributed by atoms with Crippen molar-refractivity contribution in [1.82, 2.24) is 4.90 Å². The normalized spacial score (nSPS) is 14.1. The number of aliphatic carboxylic acids is 1. The maximum atomic E-state index is 12.3. The molecule has 0 heterocycles. The van der Waals surface area contributed by atoms with Gasteiger partial charge in [0.05, 0.1) is 6.42 Å². The van der Waals surface area contributed by atoms with E-state index >= 15 is 0 Å². The molecule has 0 bridgehead atoms. The van der Waals surface area contributed by atoms with Crippen molar-refractivity contribution in [2.45, 2.75) is 25.3 Å². The third-order valence-corrected chi connectivity index (χ3v) is 3.05. The Labute approximate surface area is 109 Å². The van der Waals surface area contributed by atoms with Crippen molar-refractivity contribution in [3.8, 4) is 11.5 Å². The van der Waals surface area contributed by atoms with E-state index in [1.54, 1.807) is 0 Å². The van der Waals surface area contributed by atoms with E-state index in [4.69, 9.17) is 5.11 Å². The molecule has 1 amide bonds. The van der Waals surface area contributed by atoms with Gasteiger partial charge in [0.25, 0.3) is 5.91 Å². The number of hydrogen-bond donors (Lipinski definition) is 3. The van der Waals surface area contributed by atoms with Crippen molar-refractivity contribution in [1.29, 1.82) is 0 Å². The maximum Gasteiger partial charge on any atom is 0.305 e. The molecule has 0 spiro atoms. The Morgan fingerprint density at radius 2 is 1.79 bits per heavy atom. The molecule has 2 rings (SSSR count). The number of hydrogen-bond acceptors (Lipinski definition) is 4. The summed E-state index contributed by atoms with van der Waals surface area (Å²) in [7, 11) is 0. The molecule has 19 heavy (non-hydrogen) atoms. The summed E-state index contributed by atoms with van der Waals surface area (Å²) in [6.45, 7) is 0.0760. The topological polar surface area (TPSA) is 98.1 Å². The second kappa shape index (κ2) is 5.17. The first-order valence-corrected chi connectivity index (χ1v) is 6.04. The number of carboxylic acid groups (broad SMARTS) is 1. The van der Waals surface area contributed by atoms with Crippen LogP contribution in [0.25, 0.3) is 0 Å². The summed E-state index contributed by atoms with van der Waals surface area (Å²) in [5, 5.41) is 28.0. The lowest BCUT2D eigenvalue weighted by Crippen LogP contribution is -2.35. The minimum Gasteiger partial charge on any atom is -0.507 e. The molecule has 0 saturated heterocycles. The van der Waals surface area contributed by atoms with Crippen molar-refractivity contribution in [3.05, 3.63) is 23.8 Å². The van der Waals surface area contributed by atoms with Crippen molar-refractivity contribution in [2.24, 2.45) is 0 Å². The number of carboxylic acids is 1. The van der Waals surface area contributed by atoms with Gasteiger partial charge in [-0.3, -0.25) is 9.59 Å². The van der Waals surface area contributed by atoms with Crippen LogP contribution in [0.3, 0.4) is 0 Å². The molecule has 0 aromatic heterocycles. The lowest BCUT2D eigenvalue weighted by atomic mass is 10.1. The van der Waals surface area contributed by atoms with Crippen molar-refractivity contribution >= 4 is 11.9 Å². The first-order chi connectivity index (χ1) is 9.00. The van der Waals surface area contributed by atoms with E-state index in [9.17, 15) is 19.8 Å². The van der Waals surface area contributed by atoms with E-state index in [2.05, 4.69) is 0 Å². The molecule has 0 aliphatic heterocycles. The second-order valence-electron chi connectivity index (χ2n) is 4.54. The van der Waals surface area contributed by atoms with Crippen LogP contribution in [-0.2, 0) is 4.79 Å². The van der Waals surface area contributed by atoms with E-state index in [0.717, 1.165) is 12.8 Å². The van der Waals surface area contributed by atoms with E-state index in [-0.39, 0.29) is 36.1 Å². The number of benzene rings is 1. The molecule has 102 valence electrons. The molecule has 0 unspecified atom stereocenters. The van der Waals surface area contributed by atoms with Gasteiger partial charge in [0.15, 0.2) is 0 Å². The number of amides is 1. The van der Waals surface area contributed by atoms with Gasteiger partial charge < -0.3 is 20.2 Å². The van der Waals surface area contributed by atoms with Crippen molar-refractivity contribution in [3.63, 3.8) is 0 Å². The number of rotatable bonds is 5. The van der Waals surface area contributed by atoms with Crippen LogP contribution in [0.5, 0.6) is 11.5 Å². The molecule has 0 atom stereocenters. The molecule has 1 fully saturated rings. The number of aromatic hydroxyl groups is 2. The molecule has 3 N–H and O–H groups in total. The minimum atomic E-state index is -0.986. The number of nitrogens with zero attached hydrogens (tertiary/aromatic N) is 1. The highest BCUT2D eigenvalue weighted by Gasteiger charge is 2.35. The van der Waals surface area contributed by atoms with Crippen LogP contribution >= 0.6 is 0 Å². The molecule has 1 aromatic rings. The summed E-state index contributed by atoms with van der Waals surface area (Å²) in [6, 6.07) is 4.07. The van der Waals surface area contributed by atoms with Crippen molar-refractivity contribution in [2.75, 3.05) is 6.54 Å². The van der Waals surface area contributed by atoms with Crippen molar-refractivity contribution < 1.29 is 24.9 Å². The van der Waals surface area contributed by atoms with E-state index in [0.29, 0.717) is 0 Å². The Balaban J connectivity index is 2.21. The van der Waals surface area contributed by atoms with Crippen LogP contribution in [0.15, 0.2) is 18.2 Å². The number of phenols is 2. The van der Waals surface area contributed by atoms with Gasteiger partial charge in [0.1, 0.15) is 17.1 Å². The summed E-state index contributed by atoms with van der Waals surface area (Å²) < 4.78 is 0. The third kappa shape index (κ3) is 2.96. The summed E-state index contributed by atoms with van der Waals surface area (Å²) in [5.41, 5.74) is -0.167. The molecule has 1 saturated carbocycles. The Morgan fingerprint density at radius 1 is 1.21 bits per heavy atom. The largest absolute Gasteiger partial charge is 0.507 e. The smallest absolute Gasteiger partial charge is 0.305 e. The van der Waals surface area contributed by atoms with Gasteiger partial charge in [-0.15, -0.1) is 0 Å². The zero-order chi connectivity index (χ0) is 14.0. The summed E-state index contributed by atoms with van der Waals surface area (Å²) >= 11 is 0. The highest BCUT2D eigenvalue weighted by atomic mass is 16.4. The molecule has 0 radical (unpaired) electrons. The molecule has 1 aromatic carbocycles. The average Bonchev–Trinajstić information content (AvgIpc) is 3.13.